The Kier molecular flexibility index (Phi) is 7.28. The maximum Gasteiger partial charge on any atom is 0.251 e. The van der Waals surface area contributed by atoms with Gasteiger partial charge >= 0.3 is 0 Å². The molecule has 0 unspecified atom stereocenters. The molecule has 0 radical (unpaired) electrons. The number of hydrogen-bond donors (Lipinski definition) is 2. The average Bonchev–Trinajstić information content (AvgIpc) is 2.87. The smallest absolute Gasteiger partial charge is 0.251 e. The number of rotatable bonds is 6. The minimum Gasteiger partial charge on any atom is -0.489 e. The van der Waals surface area contributed by atoms with Crippen LogP contribution >= 0.6 is 11.6 Å². The van der Waals surface area contributed by atoms with Gasteiger partial charge in [-0.1, -0.05) is 39.3 Å². The van der Waals surface area contributed by atoms with E-state index >= 15 is 0 Å². The van der Waals surface area contributed by atoms with E-state index in [1.807, 2.05) is 31.2 Å². The fourth-order valence-corrected chi connectivity index (χ4v) is 6.42. The van der Waals surface area contributed by atoms with Crippen molar-refractivity contribution in [3.63, 3.8) is 0 Å². The third-order valence-electron chi connectivity index (χ3n) is 8.18. The first-order valence-corrected chi connectivity index (χ1v) is 13.0. The number of nitriles is 1. The summed E-state index contributed by atoms with van der Waals surface area (Å²) in [7, 11) is 0. The van der Waals surface area contributed by atoms with E-state index in [1.54, 1.807) is 12.1 Å². The number of halogens is 1. The highest BCUT2D eigenvalue weighted by atomic mass is 35.5. The molecule has 4 rings (SSSR count). The summed E-state index contributed by atoms with van der Waals surface area (Å²) in [5.41, 5.74) is 2.29. The summed E-state index contributed by atoms with van der Waals surface area (Å²) in [4.78, 5) is 15.5. The molecule has 2 aromatic carbocycles. The van der Waals surface area contributed by atoms with Gasteiger partial charge in [-0.2, -0.15) is 5.26 Å². The van der Waals surface area contributed by atoms with Crippen LogP contribution in [0, 0.1) is 35.0 Å². The first kappa shape index (κ1) is 26.3. The number of aliphatic hydroxyl groups is 1. The molecule has 36 heavy (non-hydrogen) atoms. The molecular formula is C29H36ClN3O3. The van der Waals surface area contributed by atoms with E-state index in [1.165, 1.54) is 0 Å². The van der Waals surface area contributed by atoms with E-state index in [-0.39, 0.29) is 35.5 Å². The Balaban J connectivity index is 1.42. The molecule has 2 aromatic rings. The molecule has 1 heterocycles. The Labute approximate surface area is 219 Å². The summed E-state index contributed by atoms with van der Waals surface area (Å²) in [5.74, 6) is 0.961. The van der Waals surface area contributed by atoms with Crippen LogP contribution in [-0.4, -0.2) is 42.9 Å². The van der Waals surface area contributed by atoms with Crippen molar-refractivity contribution in [2.75, 3.05) is 24.6 Å². The highest BCUT2D eigenvalue weighted by molar-refractivity contribution is 6.32. The Hall–Kier alpha value is -2.75. The number of benzene rings is 2. The monoisotopic (exact) mass is 509 g/mol. The summed E-state index contributed by atoms with van der Waals surface area (Å²) in [6, 6.07) is 13.3. The minimum atomic E-state index is -0.317. The maximum absolute atomic E-state index is 13.2. The zero-order valence-electron chi connectivity index (χ0n) is 21.8. The predicted molar refractivity (Wildman–Crippen MR) is 143 cm³/mol. The zero-order valence-corrected chi connectivity index (χ0v) is 22.5. The third kappa shape index (κ3) is 4.67. The predicted octanol–water partition coefficient (Wildman–Crippen LogP) is 5.34. The lowest BCUT2D eigenvalue weighted by Crippen LogP contribution is -2.74. The minimum absolute atomic E-state index is 0.0890. The van der Waals surface area contributed by atoms with Crippen LogP contribution in [-0.2, 0) is 0 Å². The van der Waals surface area contributed by atoms with Crippen LogP contribution < -0.4 is 15.0 Å². The van der Waals surface area contributed by atoms with Crippen molar-refractivity contribution in [1.82, 2.24) is 5.32 Å². The van der Waals surface area contributed by atoms with Crippen molar-refractivity contribution >= 4 is 23.2 Å². The second kappa shape index (κ2) is 9.95. The molecule has 0 spiro atoms. The van der Waals surface area contributed by atoms with Crippen LogP contribution in [0.5, 0.6) is 5.75 Å². The molecule has 7 heteroatoms. The largest absolute Gasteiger partial charge is 0.489 e. The van der Waals surface area contributed by atoms with Crippen molar-refractivity contribution in [1.29, 1.82) is 5.26 Å². The number of piperidine rings is 1. The summed E-state index contributed by atoms with van der Waals surface area (Å²) < 4.78 is 6.44. The molecule has 0 bridgehead atoms. The molecule has 1 saturated heterocycles. The lowest BCUT2D eigenvalue weighted by atomic mass is 9.49. The number of hydrogen-bond acceptors (Lipinski definition) is 5. The van der Waals surface area contributed by atoms with Crippen LogP contribution in [0.4, 0.5) is 5.69 Å². The van der Waals surface area contributed by atoms with Gasteiger partial charge in [-0.3, -0.25) is 4.79 Å². The molecule has 6 nitrogen and oxygen atoms in total. The Morgan fingerprint density at radius 2 is 1.75 bits per heavy atom. The number of aliphatic hydroxyl groups excluding tert-OH is 1. The Bertz CT molecular complexity index is 1150. The number of amides is 1. The van der Waals surface area contributed by atoms with Gasteiger partial charge in [-0.25, -0.2) is 0 Å². The van der Waals surface area contributed by atoms with Gasteiger partial charge in [0.05, 0.1) is 10.6 Å². The zero-order chi connectivity index (χ0) is 26.3. The summed E-state index contributed by atoms with van der Waals surface area (Å²) in [6.45, 7) is 12.4. The SMILES string of the molecule is Cc1c(OC2C(C)(C)C(NC(=O)c3ccc(N4CCC(CO)CC4)cc3)C2(C)C)ccc(C#N)c1Cl. The second-order valence-corrected chi connectivity index (χ2v) is 11.7. The van der Waals surface area contributed by atoms with Gasteiger partial charge in [-0.05, 0) is 62.1 Å². The normalized spacial score (nSPS) is 22.9. The van der Waals surface area contributed by atoms with Crippen LogP contribution in [0.1, 0.15) is 62.0 Å². The van der Waals surface area contributed by atoms with Crippen molar-refractivity contribution < 1.29 is 14.6 Å². The topological polar surface area (TPSA) is 85.6 Å². The van der Waals surface area contributed by atoms with Gasteiger partial charge in [0.15, 0.2) is 0 Å². The van der Waals surface area contributed by atoms with Crippen molar-refractivity contribution in [2.45, 2.75) is 59.6 Å². The van der Waals surface area contributed by atoms with E-state index in [0.717, 1.165) is 37.2 Å². The summed E-state index contributed by atoms with van der Waals surface area (Å²) >= 11 is 6.35. The third-order valence-corrected chi connectivity index (χ3v) is 8.67. The first-order valence-electron chi connectivity index (χ1n) is 12.6. The van der Waals surface area contributed by atoms with Crippen LogP contribution in [0.3, 0.4) is 0 Å². The fourth-order valence-electron chi connectivity index (χ4n) is 6.22. The van der Waals surface area contributed by atoms with Gasteiger partial charge < -0.3 is 20.1 Å². The van der Waals surface area contributed by atoms with Gasteiger partial charge in [0.1, 0.15) is 17.9 Å². The average molecular weight is 510 g/mol. The van der Waals surface area contributed by atoms with Gasteiger partial charge in [0.25, 0.3) is 5.91 Å². The van der Waals surface area contributed by atoms with Gasteiger partial charge in [0.2, 0.25) is 0 Å². The Morgan fingerprint density at radius 3 is 2.31 bits per heavy atom. The highest BCUT2D eigenvalue weighted by Crippen LogP contribution is 2.56. The van der Waals surface area contributed by atoms with E-state index in [9.17, 15) is 15.2 Å². The number of nitrogens with one attached hydrogen (secondary N) is 1. The molecule has 2 fully saturated rings. The number of carbonyl (C=O) groups excluding carboxylic acids is 1. The standard InChI is InChI=1S/C29H36ClN3O3/c1-18-23(11-8-21(16-31)24(18)30)36-27-28(2,3)26(29(27,4)5)32-25(35)20-6-9-22(10-7-20)33-14-12-19(17-34)13-15-33/h6-11,19,26-27,34H,12-15,17H2,1-5H3,(H,32,35). The summed E-state index contributed by atoms with van der Waals surface area (Å²) in [6.07, 6.45) is 1.83. The molecule has 0 aromatic heterocycles. The van der Waals surface area contributed by atoms with Crippen LogP contribution in [0.15, 0.2) is 36.4 Å². The van der Waals surface area contributed by atoms with E-state index in [0.29, 0.717) is 27.8 Å². The van der Waals surface area contributed by atoms with E-state index in [2.05, 4.69) is 44.0 Å². The molecular weight excluding hydrogens is 474 g/mol. The summed E-state index contributed by atoms with van der Waals surface area (Å²) in [5, 5.41) is 22.3. The molecule has 2 aliphatic rings. The highest BCUT2D eigenvalue weighted by Gasteiger charge is 2.64. The molecule has 1 aliphatic heterocycles. The second-order valence-electron chi connectivity index (χ2n) is 11.4. The quantitative estimate of drug-likeness (QED) is 0.549. The Morgan fingerprint density at radius 1 is 1.14 bits per heavy atom. The van der Waals surface area contributed by atoms with Gasteiger partial charge in [-0.15, -0.1) is 0 Å². The van der Waals surface area contributed by atoms with Crippen molar-refractivity contribution in [3.8, 4) is 11.8 Å². The molecule has 0 atom stereocenters. The van der Waals surface area contributed by atoms with Crippen LogP contribution in [0.25, 0.3) is 0 Å². The van der Waals surface area contributed by atoms with Gasteiger partial charge in [0, 0.05) is 53.4 Å². The lowest BCUT2D eigenvalue weighted by molar-refractivity contribution is -0.164. The number of carbonyl (C=O) groups is 1. The molecule has 192 valence electrons. The van der Waals surface area contributed by atoms with Crippen LogP contribution in [0.2, 0.25) is 5.02 Å². The molecule has 1 amide bonds. The number of anilines is 1. The van der Waals surface area contributed by atoms with Crippen molar-refractivity contribution in [3.05, 3.63) is 58.1 Å². The van der Waals surface area contributed by atoms with E-state index < -0.39 is 0 Å². The molecule has 2 N–H and O–H groups in total. The maximum atomic E-state index is 13.2. The number of nitrogens with zero attached hydrogens (tertiary/aromatic N) is 2. The lowest BCUT2D eigenvalue weighted by Gasteiger charge is -2.63. The first-order chi connectivity index (χ1) is 17.0. The van der Waals surface area contributed by atoms with Crippen molar-refractivity contribution in [2.24, 2.45) is 16.7 Å². The molecule has 1 aliphatic carbocycles. The molecule has 1 saturated carbocycles. The number of ether oxygens (including phenoxy) is 1. The van der Waals surface area contributed by atoms with E-state index in [4.69, 9.17) is 16.3 Å². The fraction of sp³-hybridized carbons (Fsp3) is 0.517.